The summed E-state index contributed by atoms with van der Waals surface area (Å²) in [5.74, 6) is -2.32. The minimum atomic E-state index is -4.76. The molecule has 1 N–H and O–H groups in total. The number of aryl methyl sites for hydroxylation is 2. The van der Waals surface area contributed by atoms with Crippen LogP contribution in [0.2, 0.25) is 0 Å². The standard InChI is InChI=1S/C27H25F4N5O3/c1-16(27(29,30)31)35(13-17-3-6-21(28)7-4-17)23(37)15-36-24(38)26(33-25(36)39)10-9-19-11-18(5-8-22(19)26)20-12-32-34(2)14-20/h3-8,11-12,14,16H,9-10,13,15H2,1-2H3,(H,33,39)/t16?,26-/m1/s1. The predicted molar refractivity (Wildman–Crippen MR) is 131 cm³/mol. The first-order valence-electron chi connectivity index (χ1n) is 12.3. The molecule has 2 atom stereocenters. The highest BCUT2D eigenvalue weighted by Crippen LogP contribution is 2.42. The molecule has 0 radical (unpaired) electrons. The van der Waals surface area contributed by atoms with Crippen molar-refractivity contribution in [1.29, 1.82) is 0 Å². The van der Waals surface area contributed by atoms with Crippen LogP contribution in [0.15, 0.2) is 54.9 Å². The predicted octanol–water partition coefficient (Wildman–Crippen LogP) is 3.90. The van der Waals surface area contributed by atoms with E-state index in [2.05, 4.69) is 10.4 Å². The SMILES string of the molecule is CC(N(Cc1ccc(F)cc1)C(=O)CN1C(=O)N[C@@]2(CCc3cc(-c4cnn(C)c4)ccc32)C1=O)C(F)(F)F. The van der Waals surface area contributed by atoms with Gasteiger partial charge in [0.05, 0.1) is 6.20 Å². The van der Waals surface area contributed by atoms with Crippen LogP contribution in [0.3, 0.4) is 0 Å². The maximum atomic E-state index is 13.6. The Hall–Kier alpha value is -4.22. The van der Waals surface area contributed by atoms with Gasteiger partial charge in [0.1, 0.15) is 23.9 Å². The molecule has 1 aromatic heterocycles. The lowest BCUT2D eigenvalue weighted by Crippen LogP contribution is -2.51. The number of nitrogens with zero attached hydrogens (tertiary/aromatic N) is 4. The minimum absolute atomic E-state index is 0.256. The van der Waals surface area contributed by atoms with Crippen molar-refractivity contribution in [2.24, 2.45) is 7.05 Å². The van der Waals surface area contributed by atoms with Gasteiger partial charge in [-0.2, -0.15) is 18.3 Å². The molecular formula is C27H25F4N5O3. The maximum Gasteiger partial charge on any atom is 0.408 e. The third kappa shape index (κ3) is 4.75. The number of carbonyl (C=O) groups excluding carboxylic acids is 3. The average molecular weight is 544 g/mol. The van der Waals surface area contributed by atoms with Crippen LogP contribution in [0, 0.1) is 5.82 Å². The number of halogens is 4. The number of aromatic nitrogens is 2. The number of nitrogens with one attached hydrogen (secondary N) is 1. The number of urea groups is 1. The fourth-order valence-corrected chi connectivity index (χ4v) is 5.18. The highest BCUT2D eigenvalue weighted by molar-refractivity contribution is 6.10. The smallest absolute Gasteiger partial charge is 0.325 e. The fraction of sp³-hybridized carbons (Fsp3) is 0.333. The molecular weight excluding hydrogens is 518 g/mol. The van der Waals surface area contributed by atoms with Gasteiger partial charge in [0.25, 0.3) is 5.91 Å². The molecule has 1 unspecified atom stereocenters. The van der Waals surface area contributed by atoms with Crippen molar-refractivity contribution in [3.8, 4) is 11.1 Å². The van der Waals surface area contributed by atoms with Gasteiger partial charge in [-0.25, -0.2) is 9.18 Å². The zero-order chi connectivity index (χ0) is 28.1. The lowest BCUT2D eigenvalue weighted by Gasteiger charge is -2.32. The molecule has 0 bridgehead atoms. The minimum Gasteiger partial charge on any atom is -0.325 e. The molecule has 204 valence electrons. The van der Waals surface area contributed by atoms with Gasteiger partial charge in [-0.15, -0.1) is 0 Å². The van der Waals surface area contributed by atoms with E-state index in [0.29, 0.717) is 21.8 Å². The molecule has 1 spiro atoms. The van der Waals surface area contributed by atoms with Crippen molar-refractivity contribution in [1.82, 2.24) is 24.9 Å². The molecule has 2 aromatic carbocycles. The zero-order valence-corrected chi connectivity index (χ0v) is 21.1. The van der Waals surface area contributed by atoms with Gasteiger partial charge >= 0.3 is 12.2 Å². The van der Waals surface area contributed by atoms with Crippen molar-refractivity contribution < 1.29 is 31.9 Å². The van der Waals surface area contributed by atoms with E-state index in [4.69, 9.17) is 0 Å². The lowest BCUT2D eigenvalue weighted by molar-refractivity contribution is -0.187. The fourth-order valence-electron chi connectivity index (χ4n) is 5.18. The number of imide groups is 1. The number of amides is 4. The highest BCUT2D eigenvalue weighted by Gasteiger charge is 2.56. The Bertz CT molecular complexity index is 1450. The van der Waals surface area contributed by atoms with Crippen LogP contribution in [-0.2, 0) is 35.1 Å². The first-order chi connectivity index (χ1) is 18.4. The summed E-state index contributed by atoms with van der Waals surface area (Å²) in [6.45, 7) is -0.520. The van der Waals surface area contributed by atoms with Crippen LogP contribution in [0.1, 0.15) is 30.0 Å². The Morgan fingerprint density at radius 2 is 1.87 bits per heavy atom. The number of fused-ring (bicyclic) bond motifs is 2. The third-order valence-corrected chi connectivity index (χ3v) is 7.37. The Balaban J connectivity index is 1.39. The van der Waals surface area contributed by atoms with E-state index in [1.54, 1.807) is 24.0 Å². The molecule has 12 heteroatoms. The van der Waals surface area contributed by atoms with Gasteiger partial charge in [-0.05, 0) is 54.2 Å². The van der Waals surface area contributed by atoms with Crippen molar-refractivity contribution in [2.45, 2.75) is 44.1 Å². The van der Waals surface area contributed by atoms with Crippen LogP contribution in [0.5, 0.6) is 0 Å². The number of carbonyl (C=O) groups is 3. The summed E-state index contributed by atoms with van der Waals surface area (Å²) in [7, 11) is 1.80. The van der Waals surface area contributed by atoms with Crippen molar-refractivity contribution >= 4 is 17.8 Å². The maximum absolute atomic E-state index is 13.6. The van der Waals surface area contributed by atoms with E-state index in [-0.39, 0.29) is 12.0 Å². The third-order valence-electron chi connectivity index (χ3n) is 7.37. The summed E-state index contributed by atoms with van der Waals surface area (Å²) in [4.78, 5) is 40.9. The van der Waals surface area contributed by atoms with E-state index in [9.17, 15) is 31.9 Å². The van der Waals surface area contributed by atoms with E-state index in [1.165, 1.54) is 12.1 Å². The largest absolute Gasteiger partial charge is 0.408 e. The Morgan fingerprint density at radius 1 is 1.15 bits per heavy atom. The second-order valence-corrected chi connectivity index (χ2v) is 9.87. The van der Waals surface area contributed by atoms with E-state index < -0.39 is 54.5 Å². The van der Waals surface area contributed by atoms with Gasteiger partial charge in [-0.3, -0.25) is 19.2 Å². The van der Waals surface area contributed by atoms with Gasteiger partial charge in [0.15, 0.2) is 0 Å². The van der Waals surface area contributed by atoms with E-state index in [0.717, 1.165) is 35.7 Å². The first kappa shape index (κ1) is 26.4. The van der Waals surface area contributed by atoms with E-state index in [1.807, 2.05) is 18.3 Å². The second kappa shape index (κ2) is 9.51. The summed E-state index contributed by atoms with van der Waals surface area (Å²) >= 11 is 0. The van der Waals surface area contributed by atoms with Gasteiger partial charge in [-0.1, -0.05) is 30.3 Å². The lowest BCUT2D eigenvalue weighted by atomic mass is 9.90. The van der Waals surface area contributed by atoms with Crippen molar-refractivity contribution in [3.63, 3.8) is 0 Å². The molecule has 1 saturated heterocycles. The summed E-state index contributed by atoms with van der Waals surface area (Å²) in [5, 5.41) is 6.86. The molecule has 39 heavy (non-hydrogen) atoms. The van der Waals surface area contributed by atoms with Crippen molar-refractivity contribution in [3.05, 3.63) is 77.4 Å². The Kier molecular flexibility index (Phi) is 6.44. The van der Waals surface area contributed by atoms with Crippen LogP contribution < -0.4 is 5.32 Å². The molecule has 1 aliphatic carbocycles. The summed E-state index contributed by atoms with van der Waals surface area (Å²) in [6.07, 6.45) is -0.459. The van der Waals surface area contributed by atoms with Gasteiger partial charge in [0, 0.05) is 25.4 Å². The molecule has 5 rings (SSSR count). The Morgan fingerprint density at radius 3 is 2.51 bits per heavy atom. The molecule has 8 nitrogen and oxygen atoms in total. The van der Waals surface area contributed by atoms with Crippen LogP contribution in [0.4, 0.5) is 22.4 Å². The number of hydrogen-bond donors (Lipinski definition) is 1. The van der Waals surface area contributed by atoms with Gasteiger partial charge < -0.3 is 10.2 Å². The summed E-state index contributed by atoms with van der Waals surface area (Å²) in [6, 6.07) is 7.13. The number of hydrogen-bond acceptors (Lipinski definition) is 4. The Labute approximate surface area is 221 Å². The number of alkyl halides is 3. The molecule has 3 aromatic rings. The van der Waals surface area contributed by atoms with Crippen LogP contribution >= 0.6 is 0 Å². The normalized spacial score (nSPS) is 19.4. The monoisotopic (exact) mass is 543 g/mol. The molecule has 1 aliphatic heterocycles. The quantitative estimate of drug-likeness (QED) is 0.378. The topological polar surface area (TPSA) is 87.5 Å². The summed E-state index contributed by atoms with van der Waals surface area (Å²) < 4.78 is 55.9. The average Bonchev–Trinajstić information content (AvgIpc) is 3.55. The van der Waals surface area contributed by atoms with Gasteiger partial charge in [0.2, 0.25) is 5.91 Å². The zero-order valence-electron chi connectivity index (χ0n) is 21.1. The summed E-state index contributed by atoms with van der Waals surface area (Å²) in [5.41, 5.74) is 2.09. The number of benzene rings is 2. The molecule has 4 amide bonds. The van der Waals surface area contributed by atoms with Crippen LogP contribution in [0.25, 0.3) is 11.1 Å². The first-order valence-corrected chi connectivity index (χ1v) is 12.3. The molecule has 1 fully saturated rings. The van der Waals surface area contributed by atoms with Crippen molar-refractivity contribution in [2.75, 3.05) is 6.54 Å². The number of rotatable bonds is 6. The van der Waals surface area contributed by atoms with Crippen LogP contribution in [-0.4, -0.2) is 56.2 Å². The van der Waals surface area contributed by atoms with E-state index >= 15 is 0 Å². The molecule has 2 aliphatic rings. The highest BCUT2D eigenvalue weighted by atomic mass is 19.4. The second-order valence-electron chi connectivity index (χ2n) is 9.87. The molecule has 2 heterocycles. The molecule has 0 saturated carbocycles.